The van der Waals surface area contributed by atoms with Crippen molar-refractivity contribution in [1.82, 2.24) is 14.5 Å². The molecule has 0 saturated carbocycles. The molecule has 3 heterocycles. The number of fused-ring (bicyclic) bond motifs is 4. The summed E-state index contributed by atoms with van der Waals surface area (Å²) in [5.41, 5.74) is 15.0. The fraction of sp³-hybridized carbons (Fsp3) is 0.111. The van der Waals surface area contributed by atoms with Crippen molar-refractivity contribution in [2.45, 2.75) is 39.5 Å². The number of hydrogen-bond acceptors (Lipinski definition) is 3. The quantitative estimate of drug-likeness (QED) is 0.149. The van der Waals surface area contributed by atoms with E-state index in [1.54, 1.807) is 6.20 Å². The van der Waals surface area contributed by atoms with Gasteiger partial charge in [0.15, 0.2) is 0 Å². The van der Waals surface area contributed by atoms with Crippen LogP contribution in [0, 0.1) is 12.1 Å². The number of aromatic nitrogens is 3. The molecule has 10 aromatic rings. The van der Waals surface area contributed by atoms with Crippen molar-refractivity contribution < 1.29 is 24.5 Å². The van der Waals surface area contributed by atoms with Crippen molar-refractivity contribution in [3.05, 3.63) is 198 Å². The second-order valence-electron chi connectivity index (χ2n) is 15.3. The van der Waals surface area contributed by atoms with Crippen LogP contribution in [0.1, 0.15) is 50.7 Å². The summed E-state index contributed by atoms with van der Waals surface area (Å²) in [4.78, 5) is 9.54. The average molecular weight is 1020 g/mol. The molecule has 0 bridgehead atoms. The van der Waals surface area contributed by atoms with Gasteiger partial charge in [0.25, 0.3) is 0 Å². The van der Waals surface area contributed by atoms with Gasteiger partial charge in [0.05, 0.1) is 22.4 Å². The molecule has 0 atom stereocenters. The van der Waals surface area contributed by atoms with Crippen LogP contribution in [0.4, 0.5) is 0 Å². The van der Waals surface area contributed by atoms with Crippen LogP contribution in [0.2, 0.25) is 0 Å². The third-order valence-electron chi connectivity index (χ3n) is 10.8. The Kier molecular flexibility index (Phi) is 12.1. The fourth-order valence-corrected chi connectivity index (χ4v) is 8.22. The number of imidazole rings is 1. The first kappa shape index (κ1) is 40.9. The van der Waals surface area contributed by atoms with E-state index in [1.807, 2.05) is 48.5 Å². The van der Waals surface area contributed by atoms with Gasteiger partial charge in [-0.1, -0.05) is 156 Å². The van der Waals surface area contributed by atoms with Gasteiger partial charge >= 0.3 is 0 Å². The van der Waals surface area contributed by atoms with Gasteiger partial charge in [-0.25, -0.2) is 0 Å². The van der Waals surface area contributed by atoms with E-state index in [0.29, 0.717) is 0 Å². The minimum Gasteiger partial charge on any atom is -0.501 e. The summed E-state index contributed by atoms with van der Waals surface area (Å²) in [6.45, 7) is 9.14. The van der Waals surface area contributed by atoms with E-state index < -0.39 is 0 Å². The number of rotatable bonds is 7. The van der Waals surface area contributed by atoms with Gasteiger partial charge in [-0.15, -0.1) is 48.0 Å². The summed E-state index contributed by atoms with van der Waals surface area (Å²) in [6, 6.07) is 63.3. The molecule has 0 saturated heterocycles. The Morgan fingerprint density at radius 2 is 1.25 bits per heavy atom. The molecule has 0 unspecified atom stereocenters. The standard InChI is InChI=1S/C43H35N2O.C11H7BrN.Ir/c1-27(2)36-24-32(30-16-9-6-10-17-30)25-37(28(3)4)41(36)45-39-21-12-11-20-38(39)44-43(45)35-19-13-18-34-33-23-22-31(26-40(33)46-42(34)35)29-14-7-5-8-15-29;12-10-5-3-4-9(8-10)11-6-1-2-7-13-11;/h5-18,20-28H,1-4H3;1-3,5-8H;/q2*-1;. The summed E-state index contributed by atoms with van der Waals surface area (Å²) in [7, 11) is 0. The van der Waals surface area contributed by atoms with E-state index in [-0.39, 0.29) is 31.9 Å². The Morgan fingerprint density at radius 3 is 1.92 bits per heavy atom. The van der Waals surface area contributed by atoms with Crippen LogP contribution >= 0.6 is 15.9 Å². The molecular formula is C54H42BrIrN3O-2. The number of halogens is 1. The number of para-hydroxylation sites is 2. The minimum absolute atomic E-state index is 0. The Morgan fingerprint density at radius 1 is 0.600 bits per heavy atom. The van der Waals surface area contributed by atoms with Gasteiger partial charge in [-0.2, -0.15) is 0 Å². The van der Waals surface area contributed by atoms with Crippen molar-refractivity contribution >= 4 is 48.9 Å². The molecule has 0 spiro atoms. The zero-order valence-electron chi connectivity index (χ0n) is 33.8. The van der Waals surface area contributed by atoms with E-state index in [1.165, 1.54) is 33.5 Å². The molecule has 4 nitrogen and oxygen atoms in total. The summed E-state index contributed by atoms with van der Waals surface area (Å²) in [5.74, 6) is 1.41. The van der Waals surface area contributed by atoms with Gasteiger partial charge in [0.1, 0.15) is 5.58 Å². The number of furan rings is 1. The zero-order valence-corrected chi connectivity index (χ0v) is 37.8. The largest absolute Gasteiger partial charge is 0.501 e. The Balaban J connectivity index is 0.000000304. The van der Waals surface area contributed by atoms with Crippen LogP contribution in [-0.4, -0.2) is 14.5 Å². The molecule has 60 heavy (non-hydrogen) atoms. The SMILES string of the molecule is Brc1cc[c-]c(-c2ccccn2)c1.CC(C)c1cc(-c2ccccc2)cc(C(C)C)c1-n1c(-c2[c-]ccc3c2oc2cc(-c4ccccc4)ccc23)nc2ccccc21.[Ir]. The van der Waals surface area contributed by atoms with E-state index in [2.05, 4.69) is 181 Å². The van der Waals surface area contributed by atoms with Crippen LogP contribution in [0.3, 0.4) is 0 Å². The third-order valence-corrected chi connectivity index (χ3v) is 11.3. The molecular weight excluding hydrogens is 979 g/mol. The fourth-order valence-electron chi connectivity index (χ4n) is 7.86. The second kappa shape index (κ2) is 17.7. The van der Waals surface area contributed by atoms with E-state index in [0.717, 1.165) is 65.7 Å². The first-order chi connectivity index (χ1) is 28.8. The number of pyridine rings is 1. The molecule has 0 aliphatic heterocycles. The summed E-state index contributed by atoms with van der Waals surface area (Å²) >= 11 is 3.41. The predicted molar refractivity (Wildman–Crippen MR) is 248 cm³/mol. The molecule has 1 radical (unpaired) electrons. The average Bonchev–Trinajstić information content (AvgIpc) is 3.85. The Hall–Kier alpha value is -5.91. The van der Waals surface area contributed by atoms with Gasteiger partial charge < -0.3 is 14.0 Å². The maximum Gasteiger partial charge on any atom is 0.121 e. The van der Waals surface area contributed by atoms with Crippen molar-refractivity contribution in [2.24, 2.45) is 0 Å². The zero-order chi connectivity index (χ0) is 40.5. The van der Waals surface area contributed by atoms with Gasteiger partial charge in [-0.3, -0.25) is 4.98 Å². The van der Waals surface area contributed by atoms with Gasteiger partial charge in [-0.05, 0) is 87.3 Å². The number of benzene rings is 7. The molecule has 0 aliphatic rings. The van der Waals surface area contributed by atoms with Crippen molar-refractivity contribution in [1.29, 1.82) is 0 Å². The molecule has 7 aromatic carbocycles. The molecule has 0 fully saturated rings. The molecule has 6 heteroatoms. The van der Waals surface area contributed by atoms with E-state index in [9.17, 15) is 0 Å². The van der Waals surface area contributed by atoms with Crippen molar-refractivity contribution in [3.63, 3.8) is 0 Å². The van der Waals surface area contributed by atoms with Crippen LogP contribution < -0.4 is 0 Å². The van der Waals surface area contributed by atoms with Crippen molar-refractivity contribution in [2.75, 3.05) is 0 Å². The number of nitrogens with zero attached hydrogens (tertiary/aromatic N) is 3. The maximum absolute atomic E-state index is 6.73. The molecule has 10 rings (SSSR count). The molecule has 3 aromatic heterocycles. The third kappa shape index (κ3) is 8.03. The Labute approximate surface area is 373 Å². The van der Waals surface area contributed by atoms with Crippen LogP contribution in [0.15, 0.2) is 179 Å². The summed E-state index contributed by atoms with van der Waals surface area (Å²) in [6.07, 6.45) is 1.78. The summed E-state index contributed by atoms with van der Waals surface area (Å²) in [5, 5.41) is 2.15. The smallest absolute Gasteiger partial charge is 0.121 e. The van der Waals surface area contributed by atoms with E-state index in [4.69, 9.17) is 9.40 Å². The molecule has 0 amide bonds. The van der Waals surface area contributed by atoms with E-state index >= 15 is 0 Å². The normalized spacial score (nSPS) is 11.2. The molecule has 0 N–H and O–H groups in total. The monoisotopic (exact) mass is 1020 g/mol. The van der Waals surface area contributed by atoms with Crippen molar-refractivity contribution in [3.8, 4) is 50.6 Å². The first-order valence-corrected chi connectivity index (χ1v) is 20.9. The topological polar surface area (TPSA) is 43.9 Å². The second-order valence-corrected chi connectivity index (χ2v) is 16.3. The summed E-state index contributed by atoms with van der Waals surface area (Å²) < 4.78 is 10.1. The number of hydrogen-bond donors (Lipinski definition) is 0. The maximum atomic E-state index is 6.73. The van der Waals surface area contributed by atoms with Crippen LogP contribution in [0.25, 0.3) is 83.6 Å². The van der Waals surface area contributed by atoms with Crippen LogP contribution in [0.5, 0.6) is 0 Å². The molecule has 297 valence electrons. The molecule has 0 aliphatic carbocycles. The first-order valence-electron chi connectivity index (χ1n) is 20.1. The van der Waals surface area contributed by atoms with Gasteiger partial charge in [0, 0.05) is 37.4 Å². The van der Waals surface area contributed by atoms with Gasteiger partial charge in [0.2, 0.25) is 0 Å². The van der Waals surface area contributed by atoms with Crippen LogP contribution in [-0.2, 0) is 20.1 Å². The Bertz CT molecular complexity index is 3030. The predicted octanol–water partition coefficient (Wildman–Crippen LogP) is 15.3. The minimum atomic E-state index is 0.